The van der Waals surface area contributed by atoms with Gasteiger partial charge in [-0.3, -0.25) is 4.90 Å². The summed E-state index contributed by atoms with van der Waals surface area (Å²) < 4.78 is 13.1. The third-order valence-electron chi connectivity index (χ3n) is 3.27. The third-order valence-corrected chi connectivity index (χ3v) is 3.27. The molecule has 0 radical (unpaired) electrons. The number of nitrogens with zero attached hydrogens (tertiary/aromatic N) is 1. The van der Waals surface area contributed by atoms with Gasteiger partial charge in [0.2, 0.25) is 0 Å². The first kappa shape index (κ1) is 14.1. The van der Waals surface area contributed by atoms with Crippen LogP contribution in [-0.2, 0) is 13.1 Å². The summed E-state index contributed by atoms with van der Waals surface area (Å²) in [5.41, 5.74) is 7.67. The second kappa shape index (κ2) is 6.72. The molecule has 0 bridgehead atoms. The van der Waals surface area contributed by atoms with E-state index in [1.54, 1.807) is 0 Å². The highest BCUT2D eigenvalue weighted by molar-refractivity contribution is 5.27. The van der Waals surface area contributed by atoms with Crippen LogP contribution in [0.3, 0.4) is 0 Å². The summed E-state index contributed by atoms with van der Waals surface area (Å²) >= 11 is 0. The minimum Gasteiger partial charge on any atom is -0.326 e. The summed E-state index contributed by atoms with van der Waals surface area (Å²) in [6.07, 6.45) is 2.36. The highest BCUT2D eigenvalue weighted by Crippen LogP contribution is 2.15. The second-order valence-electron chi connectivity index (χ2n) is 4.67. The molecule has 0 aromatic heterocycles. The number of hydrogen-bond acceptors (Lipinski definition) is 2. The second-order valence-corrected chi connectivity index (χ2v) is 4.67. The largest absolute Gasteiger partial charge is 0.326 e. The minimum atomic E-state index is -0.210. The molecule has 1 aromatic carbocycles. The van der Waals surface area contributed by atoms with E-state index < -0.39 is 0 Å². The van der Waals surface area contributed by atoms with E-state index in [1.165, 1.54) is 25.0 Å². The molecular formula is C14H23FN2. The van der Waals surface area contributed by atoms with Gasteiger partial charge in [0.1, 0.15) is 5.82 Å². The smallest absolute Gasteiger partial charge is 0.123 e. The molecule has 0 saturated heterocycles. The molecule has 96 valence electrons. The quantitative estimate of drug-likeness (QED) is 0.825. The van der Waals surface area contributed by atoms with Crippen LogP contribution in [0.15, 0.2) is 18.2 Å². The Kier molecular flexibility index (Phi) is 5.59. The van der Waals surface area contributed by atoms with Crippen molar-refractivity contribution in [3.63, 3.8) is 0 Å². The Morgan fingerprint density at radius 1 is 1.35 bits per heavy atom. The van der Waals surface area contributed by atoms with Gasteiger partial charge in [-0.25, -0.2) is 4.39 Å². The zero-order valence-electron chi connectivity index (χ0n) is 11.0. The van der Waals surface area contributed by atoms with Crippen molar-refractivity contribution in [1.29, 1.82) is 0 Å². The van der Waals surface area contributed by atoms with E-state index in [0.29, 0.717) is 12.6 Å². The van der Waals surface area contributed by atoms with Crippen LogP contribution in [0.25, 0.3) is 0 Å². The van der Waals surface area contributed by atoms with Crippen molar-refractivity contribution in [2.24, 2.45) is 5.73 Å². The molecule has 1 atom stereocenters. The zero-order valence-corrected chi connectivity index (χ0v) is 11.0. The Morgan fingerprint density at radius 3 is 2.65 bits per heavy atom. The van der Waals surface area contributed by atoms with Gasteiger partial charge in [-0.1, -0.05) is 19.4 Å². The maximum atomic E-state index is 13.1. The maximum Gasteiger partial charge on any atom is 0.123 e. The molecule has 0 heterocycles. The van der Waals surface area contributed by atoms with Gasteiger partial charge in [0.25, 0.3) is 0 Å². The van der Waals surface area contributed by atoms with E-state index >= 15 is 0 Å². The summed E-state index contributed by atoms with van der Waals surface area (Å²) in [5, 5.41) is 0. The lowest BCUT2D eigenvalue weighted by atomic mass is 10.1. The van der Waals surface area contributed by atoms with E-state index in [4.69, 9.17) is 5.73 Å². The molecule has 2 nitrogen and oxygen atoms in total. The van der Waals surface area contributed by atoms with Gasteiger partial charge in [0.15, 0.2) is 0 Å². The molecule has 0 spiro atoms. The monoisotopic (exact) mass is 238 g/mol. The number of halogens is 1. The zero-order chi connectivity index (χ0) is 12.8. The summed E-state index contributed by atoms with van der Waals surface area (Å²) in [6.45, 7) is 5.62. The van der Waals surface area contributed by atoms with Crippen LogP contribution in [0.4, 0.5) is 4.39 Å². The number of rotatable bonds is 6. The van der Waals surface area contributed by atoms with Crippen LogP contribution < -0.4 is 5.73 Å². The molecule has 17 heavy (non-hydrogen) atoms. The summed E-state index contributed by atoms with van der Waals surface area (Å²) in [7, 11) is 2.10. The highest BCUT2D eigenvalue weighted by atomic mass is 19.1. The van der Waals surface area contributed by atoms with Crippen LogP contribution in [0, 0.1) is 5.82 Å². The highest BCUT2D eigenvalue weighted by Gasteiger charge is 2.11. The topological polar surface area (TPSA) is 29.3 Å². The fourth-order valence-electron chi connectivity index (χ4n) is 2.00. The van der Waals surface area contributed by atoms with Crippen LogP contribution in [-0.4, -0.2) is 18.0 Å². The number of hydrogen-bond donors (Lipinski definition) is 1. The van der Waals surface area contributed by atoms with Gasteiger partial charge >= 0.3 is 0 Å². The van der Waals surface area contributed by atoms with Gasteiger partial charge in [-0.05, 0) is 43.7 Å². The molecule has 0 aliphatic carbocycles. The molecule has 0 aliphatic rings. The predicted molar refractivity (Wildman–Crippen MR) is 70.1 cm³/mol. The average molecular weight is 238 g/mol. The molecule has 0 fully saturated rings. The van der Waals surface area contributed by atoms with Crippen molar-refractivity contribution >= 4 is 0 Å². The maximum absolute atomic E-state index is 13.1. The Hall–Kier alpha value is -0.930. The van der Waals surface area contributed by atoms with E-state index in [-0.39, 0.29) is 5.82 Å². The Bertz CT molecular complexity index is 352. The average Bonchev–Trinajstić information content (AvgIpc) is 2.31. The van der Waals surface area contributed by atoms with Crippen molar-refractivity contribution in [1.82, 2.24) is 4.90 Å². The summed E-state index contributed by atoms with van der Waals surface area (Å²) in [6, 6.07) is 5.42. The van der Waals surface area contributed by atoms with Gasteiger partial charge in [-0.2, -0.15) is 0 Å². The molecule has 0 aliphatic heterocycles. The lowest BCUT2D eigenvalue weighted by molar-refractivity contribution is 0.236. The van der Waals surface area contributed by atoms with Crippen molar-refractivity contribution in [3.05, 3.63) is 35.1 Å². The van der Waals surface area contributed by atoms with Gasteiger partial charge in [0, 0.05) is 19.1 Å². The molecule has 0 saturated carbocycles. The summed E-state index contributed by atoms with van der Waals surface area (Å²) in [5.74, 6) is -0.210. The fraction of sp³-hybridized carbons (Fsp3) is 0.571. The van der Waals surface area contributed by atoms with Gasteiger partial charge < -0.3 is 5.73 Å². The van der Waals surface area contributed by atoms with E-state index in [0.717, 1.165) is 17.7 Å². The predicted octanol–water partition coefficient (Wildman–Crippen LogP) is 2.90. The van der Waals surface area contributed by atoms with Gasteiger partial charge in [0.05, 0.1) is 0 Å². The number of benzene rings is 1. The summed E-state index contributed by atoms with van der Waals surface area (Å²) in [4.78, 5) is 2.29. The third kappa shape index (κ3) is 4.10. The molecule has 2 N–H and O–H groups in total. The van der Waals surface area contributed by atoms with E-state index in [2.05, 4.69) is 25.8 Å². The van der Waals surface area contributed by atoms with Gasteiger partial charge in [-0.15, -0.1) is 0 Å². The minimum absolute atomic E-state index is 0.210. The Balaban J connectivity index is 2.73. The van der Waals surface area contributed by atoms with Crippen LogP contribution in [0.5, 0.6) is 0 Å². The van der Waals surface area contributed by atoms with Crippen molar-refractivity contribution in [3.8, 4) is 0 Å². The molecule has 1 rings (SSSR count). The van der Waals surface area contributed by atoms with Crippen LogP contribution >= 0.6 is 0 Å². The number of nitrogens with two attached hydrogens (primary N) is 1. The first-order valence-corrected chi connectivity index (χ1v) is 6.26. The normalized spacial score (nSPS) is 13.1. The fourth-order valence-corrected chi connectivity index (χ4v) is 2.00. The first-order valence-electron chi connectivity index (χ1n) is 6.26. The molecule has 1 aromatic rings. The lowest BCUT2D eigenvalue weighted by Gasteiger charge is -2.25. The standard InChI is InChI=1S/C14H23FN2/c1-4-5-11(2)17(3)10-12-6-7-14(15)8-13(12)9-16/h6-8,11H,4-5,9-10,16H2,1-3H3. The Labute approximate surface area is 104 Å². The van der Waals surface area contributed by atoms with Crippen molar-refractivity contribution in [2.75, 3.05) is 7.05 Å². The molecule has 3 heteroatoms. The first-order chi connectivity index (χ1) is 8.08. The van der Waals surface area contributed by atoms with Crippen molar-refractivity contribution in [2.45, 2.75) is 45.8 Å². The van der Waals surface area contributed by atoms with E-state index in [1.807, 2.05) is 6.07 Å². The van der Waals surface area contributed by atoms with Crippen LogP contribution in [0.2, 0.25) is 0 Å². The molecule has 0 amide bonds. The van der Waals surface area contributed by atoms with Crippen molar-refractivity contribution < 1.29 is 4.39 Å². The Morgan fingerprint density at radius 2 is 2.06 bits per heavy atom. The molecule has 1 unspecified atom stereocenters. The molecular weight excluding hydrogens is 215 g/mol. The SMILES string of the molecule is CCCC(C)N(C)Cc1ccc(F)cc1CN. The van der Waals surface area contributed by atoms with Crippen LogP contribution in [0.1, 0.15) is 37.8 Å². The lowest BCUT2D eigenvalue weighted by Crippen LogP contribution is -2.29. The van der Waals surface area contributed by atoms with E-state index in [9.17, 15) is 4.39 Å².